The summed E-state index contributed by atoms with van der Waals surface area (Å²) in [5, 5.41) is 39.0. The number of amides is 1. The van der Waals surface area contributed by atoms with Crippen molar-refractivity contribution in [3.05, 3.63) is 29.8 Å². The van der Waals surface area contributed by atoms with Gasteiger partial charge in [0.2, 0.25) is 6.79 Å². The fourth-order valence-electron chi connectivity index (χ4n) is 2.41. The third kappa shape index (κ3) is 10.9. The van der Waals surface area contributed by atoms with E-state index in [9.17, 15) is 19.5 Å². The minimum absolute atomic E-state index is 0.00532. The Bertz CT molecular complexity index is 750. The zero-order chi connectivity index (χ0) is 23.7. The number of hydrogen-bond acceptors (Lipinski definition) is 9. The summed E-state index contributed by atoms with van der Waals surface area (Å²) in [6, 6.07) is 6.71. The molecule has 0 spiro atoms. The minimum Gasteiger partial charge on any atom is -0.428 e. The SMILES string of the molecule is CC(C)(C)C(=O)OCOC(=O)CCc1ccccc1NC(=O)C(O)CCCC(O)(O)O. The number of rotatable bonds is 11. The molecule has 1 unspecified atom stereocenters. The standard InChI is InChI=1S/C21H31NO9/c1-20(2,3)19(26)31-13-30-17(24)11-10-14-7-4-5-8-15(14)22-18(25)16(23)9-6-12-21(27,28)29/h4-5,7-8,16,23,27-29H,6,9-13H2,1-3H3,(H,22,25). The second kappa shape index (κ2) is 11.8. The number of carbonyl (C=O) groups excluding carboxylic acids is 3. The van der Waals surface area contributed by atoms with E-state index in [1.807, 2.05) is 0 Å². The van der Waals surface area contributed by atoms with E-state index in [-0.39, 0.29) is 25.7 Å². The number of hydrogen-bond donors (Lipinski definition) is 5. The smallest absolute Gasteiger partial charge is 0.314 e. The minimum atomic E-state index is -2.84. The lowest BCUT2D eigenvalue weighted by atomic mass is 9.98. The van der Waals surface area contributed by atoms with Gasteiger partial charge < -0.3 is 35.2 Å². The number of nitrogens with one attached hydrogen (secondary N) is 1. The molecule has 1 aromatic rings. The van der Waals surface area contributed by atoms with Crippen molar-refractivity contribution in [2.24, 2.45) is 5.41 Å². The summed E-state index contributed by atoms with van der Waals surface area (Å²) in [5.41, 5.74) is 0.331. The van der Waals surface area contributed by atoms with Crippen molar-refractivity contribution in [1.29, 1.82) is 0 Å². The molecule has 1 amide bonds. The molecule has 0 aromatic heterocycles. The van der Waals surface area contributed by atoms with Crippen LogP contribution >= 0.6 is 0 Å². The lowest BCUT2D eigenvalue weighted by molar-refractivity contribution is -0.315. The number of esters is 2. The van der Waals surface area contributed by atoms with E-state index >= 15 is 0 Å². The Hall–Kier alpha value is -2.53. The largest absolute Gasteiger partial charge is 0.428 e. The molecule has 0 aliphatic carbocycles. The fraction of sp³-hybridized carbons (Fsp3) is 0.571. The van der Waals surface area contributed by atoms with Crippen LogP contribution in [0.1, 0.15) is 52.0 Å². The van der Waals surface area contributed by atoms with E-state index in [0.29, 0.717) is 11.3 Å². The highest BCUT2D eigenvalue weighted by Gasteiger charge is 2.23. The first-order valence-electron chi connectivity index (χ1n) is 9.86. The molecular formula is C21H31NO9. The quantitative estimate of drug-likeness (QED) is 0.247. The molecule has 0 heterocycles. The zero-order valence-electron chi connectivity index (χ0n) is 18.0. The first kappa shape index (κ1) is 26.5. The lowest BCUT2D eigenvalue weighted by Crippen LogP contribution is -2.30. The van der Waals surface area contributed by atoms with Crippen LogP contribution in [0.3, 0.4) is 0 Å². The number of aliphatic hydroxyl groups is 4. The van der Waals surface area contributed by atoms with Crippen LogP contribution in [0.25, 0.3) is 0 Å². The van der Waals surface area contributed by atoms with E-state index in [4.69, 9.17) is 24.8 Å². The molecule has 1 atom stereocenters. The van der Waals surface area contributed by atoms with E-state index in [1.165, 1.54) is 0 Å². The normalized spacial score (nSPS) is 12.7. The summed E-state index contributed by atoms with van der Waals surface area (Å²) >= 11 is 0. The van der Waals surface area contributed by atoms with Crippen molar-refractivity contribution < 1.29 is 44.3 Å². The van der Waals surface area contributed by atoms with Gasteiger partial charge in [-0.1, -0.05) is 18.2 Å². The number of benzene rings is 1. The molecule has 0 radical (unpaired) electrons. The highest BCUT2D eigenvalue weighted by Crippen LogP contribution is 2.19. The fourth-order valence-corrected chi connectivity index (χ4v) is 2.41. The monoisotopic (exact) mass is 441 g/mol. The van der Waals surface area contributed by atoms with Gasteiger partial charge in [-0.25, -0.2) is 0 Å². The van der Waals surface area contributed by atoms with Gasteiger partial charge in [0.05, 0.1) is 5.41 Å². The third-order valence-electron chi connectivity index (χ3n) is 4.19. The van der Waals surface area contributed by atoms with Crippen LogP contribution in [0.15, 0.2) is 24.3 Å². The van der Waals surface area contributed by atoms with Gasteiger partial charge in [0.1, 0.15) is 6.10 Å². The summed E-state index contributed by atoms with van der Waals surface area (Å²) < 4.78 is 9.76. The molecule has 10 nitrogen and oxygen atoms in total. The number of para-hydroxylation sites is 1. The van der Waals surface area contributed by atoms with Crippen LogP contribution in [-0.4, -0.2) is 57.1 Å². The van der Waals surface area contributed by atoms with E-state index in [0.717, 1.165) is 0 Å². The highest BCUT2D eigenvalue weighted by atomic mass is 16.7. The van der Waals surface area contributed by atoms with Gasteiger partial charge in [-0.2, -0.15) is 0 Å². The van der Waals surface area contributed by atoms with Gasteiger partial charge >= 0.3 is 11.9 Å². The van der Waals surface area contributed by atoms with E-state index < -0.39 is 48.6 Å². The zero-order valence-corrected chi connectivity index (χ0v) is 18.0. The first-order chi connectivity index (χ1) is 14.3. The topological polar surface area (TPSA) is 163 Å². The molecule has 10 heteroatoms. The van der Waals surface area contributed by atoms with Crippen molar-refractivity contribution in [1.82, 2.24) is 0 Å². The van der Waals surface area contributed by atoms with Crippen molar-refractivity contribution in [3.63, 3.8) is 0 Å². The van der Waals surface area contributed by atoms with Crippen molar-refractivity contribution in [2.45, 2.75) is 65.0 Å². The van der Waals surface area contributed by atoms with Crippen molar-refractivity contribution >= 4 is 23.5 Å². The summed E-state index contributed by atoms with van der Waals surface area (Å²) in [7, 11) is 0. The molecule has 31 heavy (non-hydrogen) atoms. The molecule has 0 saturated carbocycles. The van der Waals surface area contributed by atoms with Crippen molar-refractivity contribution in [3.8, 4) is 0 Å². The second-order valence-electron chi connectivity index (χ2n) is 8.14. The molecule has 1 aromatic carbocycles. The van der Waals surface area contributed by atoms with Gasteiger partial charge in [0.25, 0.3) is 11.9 Å². The molecule has 0 fully saturated rings. The van der Waals surface area contributed by atoms with Crippen LogP contribution < -0.4 is 5.32 Å². The van der Waals surface area contributed by atoms with E-state index in [1.54, 1.807) is 45.0 Å². The van der Waals surface area contributed by atoms with Gasteiger partial charge in [-0.05, 0) is 51.7 Å². The highest BCUT2D eigenvalue weighted by molar-refractivity contribution is 5.94. The maximum atomic E-state index is 12.2. The number of ether oxygens (including phenoxy) is 2. The number of aliphatic hydroxyl groups excluding tert-OH is 1. The third-order valence-corrected chi connectivity index (χ3v) is 4.19. The first-order valence-corrected chi connectivity index (χ1v) is 9.86. The Labute approximate surface area is 180 Å². The average Bonchev–Trinajstić information content (AvgIpc) is 2.65. The predicted octanol–water partition coefficient (Wildman–Crippen LogP) is 0.810. The number of anilines is 1. The molecule has 5 N–H and O–H groups in total. The van der Waals surface area contributed by atoms with Crippen molar-refractivity contribution in [2.75, 3.05) is 12.1 Å². The molecule has 0 aliphatic heterocycles. The maximum Gasteiger partial charge on any atom is 0.314 e. The Morgan fingerprint density at radius 3 is 2.32 bits per heavy atom. The van der Waals surface area contributed by atoms with Crippen LogP contribution in [0.2, 0.25) is 0 Å². The summed E-state index contributed by atoms with van der Waals surface area (Å²) in [5.74, 6) is -4.62. The number of aryl methyl sites for hydroxylation is 1. The molecule has 0 bridgehead atoms. The van der Waals surface area contributed by atoms with Crippen LogP contribution in [0, 0.1) is 5.41 Å². The molecule has 174 valence electrons. The van der Waals surface area contributed by atoms with Crippen LogP contribution in [-0.2, 0) is 30.3 Å². The maximum absolute atomic E-state index is 12.2. The van der Waals surface area contributed by atoms with Crippen LogP contribution in [0.5, 0.6) is 0 Å². The predicted molar refractivity (Wildman–Crippen MR) is 109 cm³/mol. The molecule has 1 rings (SSSR count). The number of carbonyl (C=O) groups is 3. The lowest BCUT2D eigenvalue weighted by Gasteiger charge is -2.17. The van der Waals surface area contributed by atoms with E-state index in [2.05, 4.69) is 5.32 Å². The Morgan fingerprint density at radius 1 is 1.06 bits per heavy atom. The molecule has 0 aliphatic rings. The molecular weight excluding hydrogens is 410 g/mol. The summed E-state index contributed by atoms with van der Waals surface area (Å²) in [6.45, 7) is 4.56. The Morgan fingerprint density at radius 2 is 1.71 bits per heavy atom. The molecule has 0 saturated heterocycles. The summed E-state index contributed by atoms with van der Waals surface area (Å²) in [6.07, 6.45) is -1.70. The van der Waals surface area contributed by atoms with Gasteiger partial charge in [0.15, 0.2) is 0 Å². The Balaban J connectivity index is 2.51. The second-order valence-corrected chi connectivity index (χ2v) is 8.14. The van der Waals surface area contributed by atoms with Gasteiger partial charge in [0, 0.05) is 18.5 Å². The van der Waals surface area contributed by atoms with Gasteiger partial charge in [-0.3, -0.25) is 14.4 Å². The Kier molecular flexibility index (Phi) is 10.0. The van der Waals surface area contributed by atoms with Crippen LogP contribution in [0.4, 0.5) is 5.69 Å². The average molecular weight is 441 g/mol. The summed E-state index contributed by atoms with van der Waals surface area (Å²) in [4.78, 5) is 35.7. The van der Waals surface area contributed by atoms with Gasteiger partial charge in [-0.15, -0.1) is 0 Å².